The number of hydrogen-bond donors (Lipinski definition) is 1. The van der Waals surface area contributed by atoms with Gasteiger partial charge in [-0.1, -0.05) is 25.2 Å². The molecular formula is C24H36O9. The van der Waals surface area contributed by atoms with Gasteiger partial charge in [0.25, 0.3) is 0 Å². The Hall–Kier alpha value is -2.07. The number of ketones is 1. The molecule has 9 nitrogen and oxygen atoms in total. The summed E-state index contributed by atoms with van der Waals surface area (Å²) < 4.78 is 27.8. The minimum atomic E-state index is -1.26. The molecule has 0 aliphatic carbocycles. The molecule has 7 unspecified atom stereocenters. The van der Waals surface area contributed by atoms with Gasteiger partial charge in [-0.3, -0.25) is 14.4 Å². The molecule has 1 saturated heterocycles. The van der Waals surface area contributed by atoms with Crippen LogP contribution in [0.4, 0.5) is 0 Å². The van der Waals surface area contributed by atoms with Gasteiger partial charge in [0.15, 0.2) is 12.1 Å². The van der Waals surface area contributed by atoms with Gasteiger partial charge in [0, 0.05) is 32.3 Å². The van der Waals surface area contributed by atoms with Gasteiger partial charge in [0.1, 0.15) is 18.3 Å². The second kappa shape index (κ2) is 13.0. The third-order valence-electron chi connectivity index (χ3n) is 5.94. The van der Waals surface area contributed by atoms with Crippen molar-refractivity contribution in [3.05, 3.63) is 24.3 Å². The Morgan fingerprint density at radius 1 is 1.09 bits per heavy atom. The third-order valence-corrected chi connectivity index (χ3v) is 5.94. The zero-order chi connectivity index (χ0) is 24.5. The van der Waals surface area contributed by atoms with Crippen molar-refractivity contribution in [3.63, 3.8) is 0 Å². The van der Waals surface area contributed by atoms with Crippen molar-refractivity contribution in [3.8, 4) is 0 Å². The van der Waals surface area contributed by atoms with E-state index in [1.165, 1.54) is 20.1 Å². The molecule has 33 heavy (non-hydrogen) atoms. The summed E-state index contributed by atoms with van der Waals surface area (Å²) in [6.07, 6.45) is 2.64. The lowest BCUT2D eigenvalue weighted by Gasteiger charge is -2.37. The van der Waals surface area contributed by atoms with Crippen LogP contribution in [-0.4, -0.2) is 73.9 Å². The SMILES string of the molecule is COC1C(O)C(C2OCCO2)CC(C)C(=O)/C=C\C=C/CC(C)OC(=O)C(C)C1OC(C)=O. The van der Waals surface area contributed by atoms with Crippen molar-refractivity contribution in [1.29, 1.82) is 0 Å². The topological polar surface area (TPSA) is 118 Å². The van der Waals surface area contributed by atoms with Gasteiger partial charge in [-0.15, -0.1) is 0 Å². The first-order chi connectivity index (χ1) is 15.6. The molecule has 0 bridgehead atoms. The molecule has 0 amide bonds. The van der Waals surface area contributed by atoms with Gasteiger partial charge in [-0.25, -0.2) is 0 Å². The zero-order valence-corrected chi connectivity index (χ0v) is 20.0. The van der Waals surface area contributed by atoms with Gasteiger partial charge in [-0.2, -0.15) is 0 Å². The summed E-state index contributed by atoms with van der Waals surface area (Å²) in [6.45, 7) is 6.99. The molecule has 0 radical (unpaired) electrons. The van der Waals surface area contributed by atoms with E-state index in [0.29, 0.717) is 19.6 Å². The maximum absolute atomic E-state index is 12.8. The molecular weight excluding hydrogens is 432 g/mol. The monoisotopic (exact) mass is 468 g/mol. The summed E-state index contributed by atoms with van der Waals surface area (Å²) in [7, 11) is 1.36. The van der Waals surface area contributed by atoms with Crippen LogP contribution in [0.5, 0.6) is 0 Å². The van der Waals surface area contributed by atoms with Gasteiger partial charge < -0.3 is 28.8 Å². The van der Waals surface area contributed by atoms with Crippen LogP contribution in [-0.2, 0) is 38.1 Å². The van der Waals surface area contributed by atoms with Crippen molar-refractivity contribution in [2.45, 2.75) is 71.2 Å². The van der Waals surface area contributed by atoms with E-state index in [1.54, 1.807) is 39.0 Å². The molecule has 0 aromatic heterocycles. The average molecular weight is 469 g/mol. The summed E-state index contributed by atoms with van der Waals surface area (Å²) in [6, 6.07) is 0. The molecule has 1 N–H and O–H groups in total. The molecule has 2 aliphatic heterocycles. The molecule has 0 spiro atoms. The molecule has 9 heteroatoms. The Bertz CT molecular complexity index is 725. The molecule has 0 aromatic rings. The van der Waals surface area contributed by atoms with Crippen molar-refractivity contribution < 1.29 is 43.2 Å². The van der Waals surface area contributed by atoms with Crippen LogP contribution in [0.3, 0.4) is 0 Å². The van der Waals surface area contributed by atoms with Gasteiger partial charge >= 0.3 is 11.9 Å². The quantitative estimate of drug-likeness (QED) is 0.620. The minimum absolute atomic E-state index is 0.111. The van der Waals surface area contributed by atoms with E-state index >= 15 is 0 Å². The number of carbonyl (C=O) groups excluding carboxylic acids is 3. The van der Waals surface area contributed by atoms with Crippen LogP contribution in [0.25, 0.3) is 0 Å². The van der Waals surface area contributed by atoms with E-state index in [9.17, 15) is 19.5 Å². The van der Waals surface area contributed by atoms with Crippen LogP contribution in [0, 0.1) is 17.8 Å². The second-order valence-electron chi connectivity index (χ2n) is 8.64. The van der Waals surface area contributed by atoms with Gasteiger partial charge in [0.2, 0.25) is 0 Å². The van der Waals surface area contributed by atoms with Crippen LogP contribution in [0.1, 0.15) is 40.5 Å². The highest BCUT2D eigenvalue weighted by molar-refractivity contribution is 5.91. The number of hydrogen-bond acceptors (Lipinski definition) is 9. The Labute approximate surface area is 195 Å². The smallest absolute Gasteiger partial charge is 0.312 e. The van der Waals surface area contributed by atoms with Gasteiger partial charge in [-0.05, 0) is 26.3 Å². The first-order valence-corrected chi connectivity index (χ1v) is 11.3. The first-order valence-electron chi connectivity index (χ1n) is 11.3. The van der Waals surface area contributed by atoms with E-state index in [4.69, 9.17) is 23.7 Å². The Morgan fingerprint density at radius 3 is 2.36 bits per heavy atom. The highest BCUT2D eigenvalue weighted by Crippen LogP contribution is 2.31. The maximum atomic E-state index is 12.8. The number of esters is 2. The van der Waals surface area contributed by atoms with E-state index in [1.807, 2.05) is 0 Å². The lowest BCUT2D eigenvalue weighted by Crippen LogP contribution is -2.52. The van der Waals surface area contributed by atoms with Crippen LogP contribution in [0.2, 0.25) is 0 Å². The molecule has 7 atom stereocenters. The zero-order valence-electron chi connectivity index (χ0n) is 20.0. The number of carbonyl (C=O) groups is 3. The standard InChI is InChI=1S/C24H36O9/c1-14-13-18(24-30-11-12-31-24)20(27)22(29-5)21(33-17(4)25)16(3)23(28)32-15(2)9-7-6-8-10-19(14)26/h6-8,10,14-16,18,20-22,24,27H,9,11-13H2,1-5H3/b7-6-,10-8-. The molecule has 2 aliphatic rings. The third kappa shape index (κ3) is 7.74. The van der Waals surface area contributed by atoms with Crippen molar-refractivity contribution in [1.82, 2.24) is 0 Å². The molecule has 186 valence electrons. The summed E-state index contributed by atoms with van der Waals surface area (Å²) in [5.41, 5.74) is 0. The van der Waals surface area contributed by atoms with E-state index < -0.39 is 60.4 Å². The van der Waals surface area contributed by atoms with Crippen LogP contribution >= 0.6 is 0 Å². The second-order valence-corrected chi connectivity index (χ2v) is 8.64. The molecule has 2 rings (SSSR count). The fraction of sp³-hybridized carbons (Fsp3) is 0.708. The first kappa shape index (κ1) is 27.2. The van der Waals surface area contributed by atoms with Crippen molar-refractivity contribution in [2.75, 3.05) is 20.3 Å². The summed E-state index contributed by atoms with van der Waals surface area (Å²) in [4.78, 5) is 37.3. The van der Waals surface area contributed by atoms with Crippen molar-refractivity contribution >= 4 is 17.7 Å². The Kier molecular flexibility index (Phi) is 10.7. The number of cyclic esters (lactones) is 1. The summed E-state index contributed by atoms with van der Waals surface area (Å²) in [5.74, 6) is -3.35. The fourth-order valence-corrected chi connectivity index (χ4v) is 4.07. The predicted octanol–water partition coefficient (Wildman–Crippen LogP) is 1.96. The summed E-state index contributed by atoms with van der Waals surface area (Å²) >= 11 is 0. The van der Waals surface area contributed by atoms with E-state index in [2.05, 4.69) is 0 Å². The van der Waals surface area contributed by atoms with Crippen molar-refractivity contribution in [2.24, 2.45) is 17.8 Å². The highest BCUT2D eigenvalue weighted by atomic mass is 16.7. The largest absolute Gasteiger partial charge is 0.462 e. The number of methoxy groups -OCH3 is 1. The molecule has 0 saturated carbocycles. The lowest BCUT2D eigenvalue weighted by molar-refractivity contribution is -0.192. The number of aliphatic hydroxyl groups is 1. The maximum Gasteiger partial charge on any atom is 0.312 e. The van der Waals surface area contributed by atoms with E-state index in [-0.39, 0.29) is 12.2 Å². The lowest BCUT2D eigenvalue weighted by atomic mass is 9.83. The highest BCUT2D eigenvalue weighted by Gasteiger charge is 2.45. The number of aliphatic hydroxyl groups excluding tert-OH is 1. The van der Waals surface area contributed by atoms with E-state index in [0.717, 1.165) is 0 Å². The fourth-order valence-electron chi connectivity index (χ4n) is 4.07. The normalized spacial score (nSPS) is 37.3. The number of allylic oxidation sites excluding steroid dienone is 3. The predicted molar refractivity (Wildman–Crippen MR) is 118 cm³/mol. The van der Waals surface area contributed by atoms with Crippen LogP contribution < -0.4 is 0 Å². The summed E-state index contributed by atoms with van der Waals surface area (Å²) in [5, 5.41) is 11.4. The minimum Gasteiger partial charge on any atom is -0.462 e. The molecule has 0 aromatic carbocycles. The average Bonchev–Trinajstić information content (AvgIpc) is 3.29. The number of ether oxygens (including phenoxy) is 5. The molecule has 1 fully saturated rings. The van der Waals surface area contributed by atoms with Gasteiger partial charge in [0.05, 0.1) is 25.2 Å². The number of rotatable bonds is 3. The molecule has 2 heterocycles. The Morgan fingerprint density at radius 2 is 1.76 bits per heavy atom. The Balaban J connectivity index is 2.45. The van der Waals surface area contributed by atoms with Crippen LogP contribution in [0.15, 0.2) is 24.3 Å².